The lowest BCUT2D eigenvalue weighted by Gasteiger charge is -2.04. The Kier molecular flexibility index (Phi) is 3.25. The molecule has 3 nitrogen and oxygen atoms in total. The van der Waals surface area contributed by atoms with E-state index < -0.39 is 6.09 Å². The molecule has 0 atom stereocenters. The number of hydrogen-bond donors (Lipinski definition) is 2. The average molecular weight is 240 g/mol. The zero-order chi connectivity index (χ0) is 10.0. The maximum atomic E-state index is 10.2. The van der Waals surface area contributed by atoms with Gasteiger partial charge in [0.05, 0.1) is 15.1 Å². The SMILES string of the molecule is O=C(O)Nc1cc(Cl)c(Cl)c(Cl)c1. The molecule has 1 amide bonds. The fourth-order valence-corrected chi connectivity index (χ4v) is 1.35. The van der Waals surface area contributed by atoms with Gasteiger partial charge in [-0.2, -0.15) is 0 Å². The third-order valence-electron chi connectivity index (χ3n) is 1.24. The number of hydrogen-bond acceptors (Lipinski definition) is 1. The molecule has 13 heavy (non-hydrogen) atoms. The summed E-state index contributed by atoms with van der Waals surface area (Å²) in [7, 11) is 0. The lowest BCUT2D eigenvalue weighted by molar-refractivity contribution is 0.210. The van der Waals surface area contributed by atoms with E-state index in [9.17, 15) is 4.79 Å². The Morgan fingerprint density at radius 2 is 1.69 bits per heavy atom. The van der Waals surface area contributed by atoms with Gasteiger partial charge in [-0.05, 0) is 12.1 Å². The van der Waals surface area contributed by atoms with Crippen LogP contribution in [-0.4, -0.2) is 11.2 Å². The minimum Gasteiger partial charge on any atom is -0.465 e. The second kappa shape index (κ2) is 4.05. The molecule has 0 spiro atoms. The van der Waals surface area contributed by atoms with E-state index in [2.05, 4.69) is 5.32 Å². The van der Waals surface area contributed by atoms with E-state index in [1.165, 1.54) is 12.1 Å². The highest BCUT2D eigenvalue weighted by molar-refractivity contribution is 6.48. The molecule has 70 valence electrons. The van der Waals surface area contributed by atoms with Crippen molar-refractivity contribution >= 4 is 46.6 Å². The Morgan fingerprint density at radius 1 is 1.23 bits per heavy atom. The normalized spacial score (nSPS) is 9.77. The second-order valence-electron chi connectivity index (χ2n) is 2.18. The summed E-state index contributed by atoms with van der Waals surface area (Å²) in [6.07, 6.45) is -1.19. The number of carbonyl (C=O) groups is 1. The summed E-state index contributed by atoms with van der Waals surface area (Å²) in [5, 5.41) is 11.1. The monoisotopic (exact) mass is 239 g/mol. The third-order valence-corrected chi connectivity index (χ3v) is 2.43. The van der Waals surface area contributed by atoms with E-state index in [0.29, 0.717) is 0 Å². The molecule has 0 aliphatic rings. The van der Waals surface area contributed by atoms with Gasteiger partial charge in [0.1, 0.15) is 0 Å². The van der Waals surface area contributed by atoms with Gasteiger partial charge >= 0.3 is 6.09 Å². The maximum absolute atomic E-state index is 10.2. The first-order valence-corrected chi connectivity index (χ1v) is 4.28. The van der Waals surface area contributed by atoms with Crippen molar-refractivity contribution in [1.82, 2.24) is 0 Å². The van der Waals surface area contributed by atoms with E-state index >= 15 is 0 Å². The molecule has 0 aromatic heterocycles. The van der Waals surface area contributed by atoms with Crippen LogP contribution in [0.3, 0.4) is 0 Å². The van der Waals surface area contributed by atoms with Crippen molar-refractivity contribution in [1.29, 1.82) is 0 Å². The summed E-state index contributed by atoms with van der Waals surface area (Å²) in [4.78, 5) is 10.2. The van der Waals surface area contributed by atoms with Crippen LogP contribution in [0.15, 0.2) is 12.1 Å². The van der Waals surface area contributed by atoms with Crippen LogP contribution in [0, 0.1) is 0 Å². The van der Waals surface area contributed by atoms with Gasteiger partial charge < -0.3 is 5.11 Å². The van der Waals surface area contributed by atoms with Crippen LogP contribution in [-0.2, 0) is 0 Å². The summed E-state index contributed by atoms with van der Waals surface area (Å²) in [5.41, 5.74) is 0.284. The highest BCUT2D eigenvalue weighted by atomic mass is 35.5. The number of rotatable bonds is 1. The Morgan fingerprint density at radius 3 is 2.08 bits per heavy atom. The molecular formula is C7H4Cl3NO2. The van der Waals surface area contributed by atoms with Crippen LogP contribution in [0.25, 0.3) is 0 Å². The number of amides is 1. The summed E-state index contributed by atoms with van der Waals surface area (Å²) < 4.78 is 0. The standard InChI is InChI=1S/C7H4Cl3NO2/c8-4-1-3(11-7(12)13)2-5(9)6(4)10/h1-2,11H,(H,12,13). The molecule has 0 heterocycles. The van der Waals surface area contributed by atoms with Crippen molar-refractivity contribution in [2.24, 2.45) is 0 Å². The molecule has 1 aromatic rings. The van der Waals surface area contributed by atoms with Gasteiger partial charge in [0, 0.05) is 5.69 Å². The van der Waals surface area contributed by atoms with Crippen LogP contribution < -0.4 is 5.32 Å². The molecule has 0 radical (unpaired) electrons. The van der Waals surface area contributed by atoms with Crippen LogP contribution >= 0.6 is 34.8 Å². The van der Waals surface area contributed by atoms with E-state index in [4.69, 9.17) is 39.9 Å². The molecule has 0 bridgehead atoms. The molecule has 0 saturated heterocycles. The Balaban J connectivity index is 3.06. The summed E-state index contributed by atoms with van der Waals surface area (Å²) in [5.74, 6) is 0. The molecule has 1 rings (SSSR count). The van der Waals surface area contributed by atoms with Crippen molar-refractivity contribution in [3.8, 4) is 0 Å². The van der Waals surface area contributed by atoms with Crippen molar-refractivity contribution in [3.05, 3.63) is 27.2 Å². The van der Waals surface area contributed by atoms with Crippen molar-refractivity contribution in [2.75, 3.05) is 5.32 Å². The van der Waals surface area contributed by atoms with Crippen LogP contribution in [0.5, 0.6) is 0 Å². The van der Waals surface area contributed by atoms with Gasteiger partial charge in [0.15, 0.2) is 0 Å². The van der Waals surface area contributed by atoms with E-state index in [-0.39, 0.29) is 20.8 Å². The maximum Gasteiger partial charge on any atom is 0.409 e. The van der Waals surface area contributed by atoms with E-state index in [1.807, 2.05) is 0 Å². The molecule has 0 saturated carbocycles. The molecule has 0 aliphatic carbocycles. The minimum atomic E-state index is -1.19. The summed E-state index contributed by atoms with van der Waals surface area (Å²) in [6, 6.07) is 2.76. The number of anilines is 1. The van der Waals surface area contributed by atoms with Gasteiger partial charge in [0.2, 0.25) is 0 Å². The first-order chi connectivity index (χ1) is 6.00. The quantitative estimate of drug-likeness (QED) is 0.735. The Labute approximate surface area is 89.2 Å². The first-order valence-electron chi connectivity index (χ1n) is 3.15. The molecule has 0 unspecified atom stereocenters. The molecule has 0 fully saturated rings. The van der Waals surface area contributed by atoms with Gasteiger partial charge in [-0.15, -0.1) is 0 Å². The van der Waals surface area contributed by atoms with Crippen LogP contribution in [0.1, 0.15) is 0 Å². The second-order valence-corrected chi connectivity index (χ2v) is 3.38. The Hall–Kier alpha value is -0.640. The van der Waals surface area contributed by atoms with Crippen molar-refractivity contribution < 1.29 is 9.90 Å². The molecule has 2 N–H and O–H groups in total. The van der Waals surface area contributed by atoms with E-state index in [0.717, 1.165) is 0 Å². The number of nitrogens with one attached hydrogen (secondary N) is 1. The highest BCUT2D eigenvalue weighted by Crippen LogP contribution is 2.32. The molecule has 0 aliphatic heterocycles. The summed E-state index contributed by atoms with van der Waals surface area (Å²) in [6.45, 7) is 0. The number of benzene rings is 1. The molecule has 6 heteroatoms. The highest BCUT2D eigenvalue weighted by Gasteiger charge is 2.06. The Bertz CT molecular complexity index is 331. The largest absolute Gasteiger partial charge is 0.465 e. The summed E-state index contributed by atoms with van der Waals surface area (Å²) >= 11 is 17.0. The van der Waals surface area contributed by atoms with E-state index in [1.54, 1.807) is 0 Å². The third kappa shape index (κ3) is 2.66. The van der Waals surface area contributed by atoms with Crippen molar-refractivity contribution in [3.63, 3.8) is 0 Å². The average Bonchev–Trinajstić information content (AvgIpc) is 1.98. The van der Waals surface area contributed by atoms with Crippen LogP contribution in [0.2, 0.25) is 15.1 Å². The van der Waals surface area contributed by atoms with Gasteiger partial charge in [-0.1, -0.05) is 34.8 Å². The minimum absolute atomic E-state index is 0.206. The number of carboxylic acid groups (broad SMARTS) is 1. The number of halogens is 3. The van der Waals surface area contributed by atoms with Crippen LogP contribution in [0.4, 0.5) is 10.5 Å². The lowest BCUT2D eigenvalue weighted by atomic mass is 10.3. The predicted octanol–water partition coefficient (Wildman–Crippen LogP) is 3.74. The van der Waals surface area contributed by atoms with Crippen molar-refractivity contribution in [2.45, 2.75) is 0 Å². The predicted molar refractivity (Wildman–Crippen MR) is 53.1 cm³/mol. The fraction of sp³-hybridized carbons (Fsp3) is 0. The fourth-order valence-electron chi connectivity index (χ4n) is 0.751. The molecular weight excluding hydrogens is 236 g/mol. The van der Waals surface area contributed by atoms with Gasteiger partial charge in [0.25, 0.3) is 0 Å². The first kappa shape index (κ1) is 10.4. The lowest BCUT2D eigenvalue weighted by Crippen LogP contribution is -2.06. The molecule has 1 aromatic carbocycles. The zero-order valence-electron chi connectivity index (χ0n) is 6.14. The smallest absolute Gasteiger partial charge is 0.409 e. The zero-order valence-corrected chi connectivity index (χ0v) is 8.41. The van der Waals surface area contributed by atoms with Gasteiger partial charge in [-0.25, -0.2) is 4.79 Å². The topological polar surface area (TPSA) is 49.3 Å². The van der Waals surface area contributed by atoms with Gasteiger partial charge in [-0.3, -0.25) is 5.32 Å².